The molecule has 2 N–H and O–H groups in total. The van der Waals surface area contributed by atoms with Gasteiger partial charge in [-0.25, -0.2) is 4.79 Å². The van der Waals surface area contributed by atoms with Crippen LogP contribution in [0.25, 0.3) is 10.9 Å². The van der Waals surface area contributed by atoms with Crippen LogP contribution in [0.2, 0.25) is 0 Å². The maximum atomic E-state index is 12.7. The minimum atomic E-state index is -0.481. The van der Waals surface area contributed by atoms with Crippen LogP contribution < -0.4 is 21.3 Å². The van der Waals surface area contributed by atoms with E-state index in [4.69, 9.17) is 4.74 Å². The molecule has 1 atom stereocenters. The summed E-state index contributed by atoms with van der Waals surface area (Å²) in [6, 6.07) is 12.2. The van der Waals surface area contributed by atoms with Gasteiger partial charge < -0.3 is 15.0 Å². The average Bonchev–Trinajstić information content (AvgIpc) is 2.68. The molecule has 0 saturated heterocycles. The second kappa shape index (κ2) is 6.75. The molecule has 0 saturated carbocycles. The normalized spacial score (nSPS) is 15.8. The maximum Gasteiger partial charge on any atom is 0.328 e. The van der Waals surface area contributed by atoms with Gasteiger partial charge in [-0.15, -0.1) is 0 Å². The lowest BCUT2D eigenvalue weighted by Crippen LogP contribution is -2.35. The lowest BCUT2D eigenvalue weighted by molar-refractivity contribution is 0.0925. The van der Waals surface area contributed by atoms with Gasteiger partial charge in [0.2, 0.25) is 0 Å². The van der Waals surface area contributed by atoms with Crippen molar-refractivity contribution in [3.63, 3.8) is 0 Å². The van der Waals surface area contributed by atoms with E-state index in [1.54, 1.807) is 25.1 Å². The molecule has 27 heavy (non-hydrogen) atoms. The Morgan fingerprint density at radius 1 is 1.26 bits per heavy atom. The van der Waals surface area contributed by atoms with Gasteiger partial charge in [-0.3, -0.25) is 14.2 Å². The summed E-state index contributed by atoms with van der Waals surface area (Å²) in [5.74, 6) is 0.510. The monoisotopic (exact) mass is 365 g/mol. The molecule has 0 bridgehead atoms. The smallest absolute Gasteiger partial charge is 0.328 e. The number of carbonyl (C=O) groups excluding carboxylic acids is 1. The number of ether oxygens (including phenoxy) is 1. The zero-order valence-electron chi connectivity index (χ0n) is 14.8. The van der Waals surface area contributed by atoms with E-state index in [9.17, 15) is 14.4 Å². The Kier molecular flexibility index (Phi) is 4.27. The first-order chi connectivity index (χ1) is 13.1. The fraction of sp³-hybridized carbons (Fsp3) is 0.250. The minimum absolute atomic E-state index is 0.148. The van der Waals surface area contributed by atoms with Crippen LogP contribution in [0, 0.1) is 0 Å². The molecule has 1 aromatic heterocycles. The van der Waals surface area contributed by atoms with Gasteiger partial charge in [0.1, 0.15) is 5.75 Å². The largest absolute Gasteiger partial charge is 0.493 e. The number of amides is 1. The second-order valence-corrected chi connectivity index (χ2v) is 6.44. The standard InChI is InChI=1S/C20H19N3O4/c1-2-23-19(25)14-8-7-12(11-16(14)22-20(23)26)18(24)21-15-9-10-27-17-6-4-3-5-13(15)17/h3-8,11,15H,2,9-10H2,1H3,(H,21,24)(H,22,26)/t15-/m0/s1. The summed E-state index contributed by atoms with van der Waals surface area (Å²) >= 11 is 0. The third kappa shape index (κ3) is 3.01. The van der Waals surface area contributed by atoms with E-state index in [2.05, 4.69) is 10.3 Å². The van der Waals surface area contributed by atoms with E-state index in [-0.39, 0.29) is 24.1 Å². The Morgan fingerprint density at radius 2 is 2.07 bits per heavy atom. The first kappa shape index (κ1) is 17.1. The lowest BCUT2D eigenvalue weighted by atomic mass is 10.00. The van der Waals surface area contributed by atoms with Crippen LogP contribution in [0.3, 0.4) is 0 Å². The zero-order valence-corrected chi connectivity index (χ0v) is 14.8. The van der Waals surface area contributed by atoms with Crippen LogP contribution in [-0.4, -0.2) is 22.1 Å². The molecule has 1 aliphatic rings. The van der Waals surface area contributed by atoms with Gasteiger partial charge in [-0.2, -0.15) is 0 Å². The van der Waals surface area contributed by atoms with Gasteiger partial charge in [0.05, 0.1) is 23.6 Å². The van der Waals surface area contributed by atoms with Crippen molar-refractivity contribution in [2.24, 2.45) is 0 Å². The van der Waals surface area contributed by atoms with Crippen LogP contribution in [0.15, 0.2) is 52.1 Å². The highest BCUT2D eigenvalue weighted by Crippen LogP contribution is 2.31. The molecule has 1 aliphatic heterocycles. The van der Waals surface area contributed by atoms with Crippen LogP contribution in [0.5, 0.6) is 5.75 Å². The zero-order chi connectivity index (χ0) is 19.0. The predicted octanol–water partition coefficient (Wildman–Crippen LogP) is 1.96. The topological polar surface area (TPSA) is 93.2 Å². The first-order valence-electron chi connectivity index (χ1n) is 8.88. The molecule has 2 heterocycles. The summed E-state index contributed by atoms with van der Waals surface area (Å²) in [5.41, 5.74) is 0.843. The first-order valence-corrected chi connectivity index (χ1v) is 8.88. The van der Waals surface area contributed by atoms with Crippen molar-refractivity contribution in [1.82, 2.24) is 14.9 Å². The minimum Gasteiger partial charge on any atom is -0.493 e. The van der Waals surface area contributed by atoms with Crippen molar-refractivity contribution in [2.75, 3.05) is 6.61 Å². The highest BCUT2D eigenvalue weighted by Gasteiger charge is 2.23. The molecule has 0 spiro atoms. The van der Waals surface area contributed by atoms with Crippen molar-refractivity contribution in [3.8, 4) is 5.75 Å². The second-order valence-electron chi connectivity index (χ2n) is 6.44. The van der Waals surface area contributed by atoms with Crippen molar-refractivity contribution < 1.29 is 9.53 Å². The van der Waals surface area contributed by atoms with E-state index < -0.39 is 5.69 Å². The van der Waals surface area contributed by atoms with E-state index in [0.29, 0.717) is 29.5 Å². The van der Waals surface area contributed by atoms with Crippen molar-refractivity contribution in [1.29, 1.82) is 0 Å². The molecular formula is C20H19N3O4. The lowest BCUT2D eigenvalue weighted by Gasteiger charge is -2.26. The summed E-state index contributed by atoms with van der Waals surface area (Å²) in [6.07, 6.45) is 0.675. The predicted molar refractivity (Wildman–Crippen MR) is 101 cm³/mol. The summed E-state index contributed by atoms with van der Waals surface area (Å²) < 4.78 is 6.74. The van der Waals surface area contributed by atoms with Gasteiger partial charge in [0, 0.05) is 24.1 Å². The number of nitrogens with zero attached hydrogens (tertiary/aromatic N) is 1. The van der Waals surface area contributed by atoms with Gasteiger partial charge in [-0.1, -0.05) is 18.2 Å². The van der Waals surface area contributed by atoms with Gasteiger partial charge in [-0.05, 0) is 31.2 Å². The molecule has 0 aliphatic carbocycles. The van der Waals surface area contributed by atoms with Crippen LogP contribution >= 0.6 is 0 Å². The molecular weight excluding hydrogens is 346 g/mol. The van der Waals surface area contributed by atoms with Gasteiger partial charge >= 0.3 is 5.69 Å². The molecule has 138 valence electrons. The molecule has 3 aromatic rings. The number of fused-ring (bicyclic) bond motifs is 2. The average molecular weight is 365 g/mol. The van der Waals surface area contributed by atoms with Crippen LogP contribution in [0.1, 0.15) is 35.3 Å². The van der Waals surface area contributed by atoms with Crippen LogP contribution in [0.4, 0.5) is 0 Å². The molecule has 7 heteroatoms. The Bertz CT molecular complexity index is 1150. The number of carbonyl (C=O) groups is 1. The molecule has 0 unspecified atom stereocenters. The van der Waals surface area contributed by atoms with E-state index in [0.717, 1.165) is 15.9 Å². The highest BCUT2D eigenvalue weighted by molar-refractivity contribution is 5.97. The van der Waals surface area contributed by atoms with Crippen molar-refractivity contribution in [3.05, 3.63) is 74.4 Å². The van der Waals surface area contributed by atoms with Gasteiger partial charge in [0.25, 0.3) is 11.5 Å². The van der Waals surface area contributed by atoms with Gasteiger partial charge in [0.15, 0.2) is 0 Å². The molecule has 7 nitrogen and oxygen atoms in total. The van der Waals surface area contributed by atoms with Crippen molar-refractivity contribution in [2.45, 2.75) is 25.9 Å². The number of hydrogen-bond acceptors (Lipinski definition) is 4. The SMILES string of the molecule is CCn1c(=O)[nH]c2cc(C(=O)N[C@H]3CCOc4ccccc43)ccc2c1=O. The molecule has 4 rings (SSSR count). The molecule has 0 fully saturated rings. The summed E-state index contributed by atoms with van der Waals surface area (Å²) in [4.78, 5) is 39.8. The molecule has 1 amide bonds. The Labute approximate surface area is 154 Å². The number of aromatic nitrogens is 2. The maximum absolute atomic E-state index is 12.7. The number of rotatable bonds is 3. The number of para-hydroxylation sites is 1. The summed E-state index contributed by atoms with van der Waals surface area (Å²) in [7, 11) is 0. The Morgan fingerprint density at radius 3 is 2.89 bits per heavy atom. The summed E-state index contributed by atoms with van der Waals surface area (Å²) in [5, 5.41) is 3.39. The number of hydrogen-bond donors (Lipinski definition) is 2. The van der Waals surface area contributed by atoms with Crippen molar-refractivity contribution >= 4 is 16.8 Å². The van der Waals surface area contributed by atoms with Crippen LogP contribution in [-0.2, 0) is 6.54 Å². The third-order valence-electron chi connectivity index (χ3n) is 4.82. The fourth-order valence-electron chi connectivity index (χ4n) is 3.42. The number of aromatic amines is 1. The highest BCUT2D eigenvalue weighted by atomic mass is 16.5. The number of nitrogens with one attached hydrogen (secondary N) is 2. The van der Waals surface area contributed by atoms with E-state index in [1.165, 1.54) is 0 Å². The summed E-state index contributed by atoms with van der Waals surface area (Å²) in [6.45, 7) is 2.55. The fourth-order valence-corrected chi connectivity index (χ4v) is 3.42. The quantitative estimate of drug-likeness (QED) is 0.742. The number of H-pyrrole nitrogens is 1. The van der Waals surface area contributed by atoms with E-state index in [1.807, 2.05) is 24.3 Å². The molecule has 0 radical (unpaired) electrons. The Balaban J connectivity index is 1.66. The number of benzene rings is 2. The third-order valence-corrected chi connectivity index (χ3v) is 4.82. The Hall–Kier alpha value is -3.35. The molecule has 2 aromatic carbocycles. The van der Waals surface area contributed by atoms with E-state index >= 15 is 0 Å².